The number of esters is 1. The average molecular weight is 350 g/mol. The second-order valence-electron chi connectivity index (χ2n) is 6.03. The maximum absolute atomic E-state index is 12.1. The van der Waals surface area contributed by atoms with E-state index in [1.165, 1.54) is 0 Å². The van der Waals surface area contributed by atoms with Crippen molar-refractivity contribution in [1.29, 1.82) is 0 Å². The molecule has 0 amide bonds. The molecule has 3 heterocycles. The number of hydrogen-bond donors (Lipinski definition) is 0. The lowest BCUT2D eigenvalue weighted by atomic mass is 10.2. The molecule has 0 radical (unpaired) electrons. The van der Waals surface area contributed by atoms with E-state index in [1.54, 1.807) is 11.6 Å². The molecule has 0 unspecified atom stereocenters. The topological polar surface area (TPSA) is 87.7 Å². The fourth-order valence-corrected chi connectivity index (χ4v) is 3.11. The van der Waals surface area contributed by atoms with Crippen molar-refractivity contribution in [2.45, 2.75) is 27.3 Å². The summed E-state index contributed by atoms with van der Waals surface area (Å²) < 4.78 is 8.57. The van der Waals surface area contributed by atoms with Crippen molar-refractivity contribution in [2.24, 2.45) is 0 Å². The highest BCUT2D eigenvalue weighted by molar-refractivity contribution is 6.04. The molecule has 0 bridgehead atoms. The van der Waals surface area contributed by atoms with Crippen LogP contribution >= 0.6 is 0 Å². The second kappa shape index (κ2) is 6.21. The van der Waals surface area contributed by atoms with Gasteiger partial charge in [-0.25, -0.2) is 4.68 Å². The first kappa shape index (κ1) is 16.2. The van der Waals surface area contributed by atoms with Gasteiger partial charge in [0, 0.05) is 11.1 Å². The third-order valence-corrected chi connectivity index (χ3v) is 4.15. The number of benzene rings is 1. The number of fused-ring (bicyclic) bond motifs is 3. The van der Waals surface area contributed by atoms with Gasteiger partial charge in [0.1, 0.15) is 12.1 Å². The maximum atomic E-state index is 12.1. The van der Waals surface area contributed by atoms with Crippen molar-refractivity contribution in [1.82, 2.24) is 29.5 Å². The Balaban J connectivity index is 1.94. The maximum Gasteiger partial charge on any atom is 0.326 e. The molecule has 4 rings (SSSR count). The fourth-order valence-electron chi connectivity index (χ4n) is 3.11. The summed E-state index contributed by atoms with van der Waals surface area (Å²) in [5.41, 5.74) is 3.88. The summed E-state index contributed by atoms with van der Waals surface area (Å²) in [5, 5.41) is 13.9. The van der Waals surface area contributed by atoms with Gasteiger partial charge in [-0.15, -0.1) is 10.2 Å². The van der Waals surface area contributed by atoms with E-state index in [-0.39, 0.29) is 12.5 Å². The quantitative estimate of drug-likeness (QED) is 0.525. The average Bonchev–Trinajstić information content (AvgIpc) is 3.12. The number of ether oxygens (including phenoxy) is 1. The van der Waals surface area contributed by atoms with Crippen molar-refractivity contribution >= 4 is 28.0 Å². The molecule has 0 spiro atoms. The minimum atomic E-state index is -0.318. The lowest BCUT2D eigenvalue weighted by Gasteiger charge is -2.07. The summed E-state index contributed by atoms with van der Waals surface area (Å²) in [6.07, 6.45) is 0. The molecule has 0 aliphatic carbocycles. The lowest BCUT2D eigenvalue weighted by Crippen LogP contribution is -2.14. The predicted molar refractivity (Wildman–Crippen MR) is 96.1 cm³/mol. The third-order valence-electron chi connectivity index (χ3n) is 4.15. The highest BCUT2D eigenvalue weighted by Crippen LogP contribution is 2.26. The summed E-state index contributed by atoms with van der Waals surface area (Å²) >= 11 is 0. The molecular weight excluding hydrogens is 332 g/mol. The van der Waals surface area contributed by atoms with Gasteiger partial charge in [0.25, 0.3) is 5.95 Å². The van der Waals surface area contributed by atoms with Gasteiger partial charge >= 0.3 is 5.97 Å². The molecule has 4 aromatic rings. The van der Waals surface area contributed by atoms with Gasteiger partial charge < -0.3 is 9.30 Å². The van der Waals surface area contributed by atoms with Crippen LogP contribution in [-0.4, -0.2) is 42.1 Å². The molecule has 0 atom stereocenters. The van der Waals surface area contributed by atoms with E-state index in [4.69, 9.17) is 4.74 Å². The molecular formula is C18H18N6O2. The van der Waals surface area contributed by atoms with Gasteiger partial charge in [-0.2, -0.15) is 10.1 Å². The first-order valence-corrected chi connectivity index (χ1v) is 8.39. The van der Waals surface area contributed by atoms with Crippen LogP contribution < -0.4 is 0 Å². The van der Waals surface area contributed by atoms with Crippen LogP contribution in [0.4, 0.5) is 0 Å². The Hall–Kier alpha value is -3.29. The molecule has 132 valence electrons. The Kier molecular flexibility index (Phi) is 3.87. The number of para-hydroxylation sites is 1. The van der Waals surface area contributed by atoms with E-state index in [0.29, 0.717) is 23.7 Å². The van der Waals surface area contributed by atoms with Crippen LogP contribution in [0.1, 0.15) is 18.3 Å². The Morgan fingerprint density at radius 3 is 2.73 bits per heavy atom. The van der Waals surface area contributed by atoms with Crippen molar-refractivity contribution < 1.29 is 9.53 Å². The Bertz CT molecular complexity index is 1130. The van der Waals surface area contributed by atoms with Gasteiger partial charge in [-0.3, -0.25) is 4.79 Å². The van der Waals surface area contributed by atoms with Crippen molar-refractivity contribution in [3.8, 4) is 5.95 Å². The third kappa shape index (κ3) is 2.59. The van der Waals surface area contributed by atoms with Crippen LogP contribution in [-0.2, 0) is 16.1 Å². The summed E-state index contributed by atoms with van der Waals surface area (Å²) in [6, 6.07) is 9.66. The normalized spacial score (nSPS) is 11.3. The highest BCUT2D eigenvalue weighted by Gasteiger charge is 2.18. The van der Waals surface area contributed by atoms with E-state index in [2.05, 4.69) is 20.3 Å². The largest absolute Gasteiger partial charge is 0.465 e. The summed E-state index contributed by atoms with van der Waals surface area (Å²) in [6.45, 7) is 6.02. The zero-order valence-electron chi connectivity index (χ0n) is 14.8. The van der Waals surface area contributed by atoms with E-state index < -0.39 is 0 Å². The van der Waals surface area contributed by atoms with Crippen LogP contribution in [0.25, 0.3) is 28.0 Å². The van der Waals surface area contributed by atoms with Gasteiger partial charge in [-0.1, -0.05) is 18.2 Å². The number of carbonyl (C=O) groups is 1. The molecule has 0 fully saturated rings. The number of nitrogens with zero attached hydrogens (tertiary/aromatic N) is 6. The summed E-state index contributed by atoms with van der Waals surface area (Å²) in [7, 11) is 0. The van der Waals surface area contributed by atoms with Crippen molar-refractivity contribution in [3.63, 3.8) is 0 Å². The molecule has 1 aromatic carbocycles. The first-order chi connectivity index (χ1) is 12.6. The molecule has 0 aliphatic heterocycles. The van der Waals surface area contributed by atoms with E-state index in [9.17, 15) is 4.79 Å². The van der Waals surface area contributed by atoms with Crippen molar-refractivity contribution in [3.05, 3.63) is 41.7 Å². The standard InChI is InChI=1S/C18H18N6O2/c1-4-26-15(25)10-23-14-8-6-5-7-13(14)16-17(23)19-18(21-20-16)24-12(3)9-11(2)22-24/h5-9H,4,10H2,1-3H3. The SMILES string of the molecule is CCOC(=O)Cn1c2ccccc2c2nnc(-n3nc(C)cc3C)nc21. The molecule has 0 saturated heterocycles. The minimum absolute atomic E-state index is 0.0626. The predicted octanol–water partition coefficient (Wildman–Crippen LogP) is 2.35. The van der Waals surface area contributed by atoms with Crippen molar-refractivity contribution in [2.75, 3.05) is 6.61 Å². The van der Waals surface area contributed by atoms with Crippen LogP contribution in [0.15, 0.2) is 30.3 Å². The molecule has 0 aliphatic rings. The first-order valence-electron chi connectivity index (χ1n) is 8.39. The lowest BCUT2D eigenvalue weighted by molar-refractivity contribution is -0.143. The van der Waals surface area contributed by atoms with Gasteiger partial charge in [0.15, 0.2) is 5.65 Å². The molecule has 8 nitrogen and oxygen atoms in total. The summed E-state index contributed by atoms with van der Waals surface area (Å²) in [5.74, 6) is 0.0532. The van der Waals surface area contributed by atoms with E-state index in [1.807, 2.05) is 48.7 Å². The molecule has 0 saturated carbocycles. The zero-order chi connectivity index (χ0) is 18.3. The van der Waals surface area contributed by atoms with Gasteiger partial charge in [-0.05, 0) is 32.9 Å². The van der Waals surface area contributed by atoms with Gasteiger partial charge in [0.2, 0.25) is 0 Å². The minimum Gasteiger partial charge on any atom is -0.465 e. The smallest absolute Gasteiger partial charge is 0.326 e. The van der Waals surface area contributed by atoms with Gasteiger partial charge in [0.05, 0.1) is 17.8 Å². The van der Waals surface area contributed by atoms with Crippen LogP contribution in [0, 0.1) is 13.8 Å². The fraction of sp³-hybridized carbons (Fsp3) is 0.278. The molecule has 3 aromatic heterocycles. The number of rotatable bonds is 4. The molecule has 26 heavy (non-hydrogen) atoms. The van der Waals surface area contributed by atoms with Crippen LogP contribution in [0.2, 0.25) is 0 Å². The number of aromatic nitrogens is 6. The van der Waals surface area contributed by atoms with Crippen LogP contribution in [0.5, 0.6) is 0 Å². The molecule has 8 heteroatoms. The number of hydrogen-bond acceptors (Lipinski definition) is 6. The monoisotopic (exact) mass is 350 g/mol. The zero-order valence-corrected chi connectivity index (χ0v) is 14.8. The summed E-state index contributed by atoms with van der Waals surface area (Å²) in [4.78, 5) is 16.7. The Morgan fingerprint density at radius 2 is 2.00 bits per heavy atom. The Morgan fingerprint density at radius 1 is 1.19 bits per heavy atom. The molecule has 0 N–H and O–H groups in total. The number of carbonyl (C=O) groups excluding carboxylic acids is 1. The van der Waals surface area contributed by atoms with E-state index in [0.717, 1.165) is 22.3 Å². The van der Waals surface area contributed by atoms with E-state index >= 15 is 0 Å². The second-order valence-corrected chi connectivity index (χ2v) is 6.03. The Labute approximate surface area is 149 Å². The highest BCUT2D eigenvalue weighted by atomic mass is 16.5. The number of aryl methyl sites for hydroxylation is 2. The van der Waals surface area contributed by atoms with Crippen LogP contribution in [0.3, 0.4) is 0 Å².